The first-order valence-electron chi connectivity index (χ1n) is 5.63. The fraction of sp³-hybridized carbons (Fsp3) is 0.308. The van der Waals surface area contributed by atoms with Gasteiger partial charge in [0, 0.05) is 12.5 Å². The molecule has 1 aromatic rings. The van der Waals surface area contributed by atoms with Gasteiger partial charge in [-0.3, -0.25) is 10.1 Å². The summed E-state index contributed by atoms with van der Waals surface area (Å²) in [6.45, 7) is 5.30. The summed E-state index contributed by atoms with van der Waals surface area (Å²) in [4.78, 5) is 22.1. The molecule has 0 spiro atoms. The van der Waals surface area contributed by atoms with Crippen LogP contribution in [-0.4, -0.2) is 30.2 Å². The number of hydrogen-bond acceptors (Lipinski definition) is 6. The quantitative estimate of drug-likeness (QED) is 0.384. The molecule has 0 aliphatic heterocycles. The summed E-state index contributed by atoms with van der Waals surface area (Å²) in [5.41, 5.74) is -0.212. The van der Waals surface area contributed by atoms with Crippen molar-refractivity contribution in [3.8, 4) is 11.5 Å². The van der Waals surface area contributed by atoms with E-state index < -0.39 is 16.6 Å². The van der Waals surface area contributed by atoms with Gasteiger partial charge in [-0.2, -0.15) is 0 Å². The van der Waals surface area contributed by atoms with Crippen molar-refractivity contribution in [2.24, 2.45) is 0 Å². The molecule has 20 heavy (non-hydrogen) atoms. The highest BCUT2D eigenvalue weighted by Crippen LogP contribution is 2.40. The molecular weight excluding hydrogens is 266 g/mol. The molecule has 7 nitrogen and oxygen atoms in total. The van der Waals surface area contributed by atoms with Gasteiger partial charge in [0.15, 0.2) is 11.5 Å². The largest absolute Gasteiger partial charge is 0.504 e. The minimum Gasteiger partial charge on any atom is -0.504 e. The first kappa shape index (κ1) is 15.5. The fourth-order valence-corrected chi connectivity index (χ4v) is 1.79. The number of carbonyl (C=O) groups is 1. The predicted molar refractivity (Wildman–Crippen MR) is 71.2 cm³/mol. The molecule has 0 heterocycles. The molecule has 0 unspecified atom stereocenters. The number of nitrogens with zero attached hydrogens (tertiary/aromatic N) is 1. The van der Waals surface area contributed by atoms with E-state index in [1.54, 1.807) is 6.92 Å². The Kier molecular flexibility index (Phi) is 4.68. The summed E-state index contributed by atoms with van der Waals surface area (Å²) < 4.78 is 9.45. The van der Waals surface area contributed by atoms with Crippen molar-refractivity contribution < 1.29 is 24.3 Å². The molecule has 0 atom stereocenters. The van der Waals surface area contributed by atoms with E-state index in [9.17, 15) is 20.0 Å². The van der Waals surface area contributed by atoms with Crippen LogP contribution in [0.1, 0.15) is 22.8 Å². The van der Waals surface area contributed by atoms with Crippen LogP contribution in [-0.2, 0) is 11.2 Å². The van der Waals surface area contributed by atoms with Gasteiger partial charge < -0.3 is 14.6 Å². The first-order chi connectivity index (χ1) is 9.33. The lowest BCUT2D eigenvalue weighted by atomic mass is 9.99. The van der Waals surface area contributed by atoms with Gasteiger partial charge in [0.1, 0.15) is 5.56 Å². The second-order valence-electron chi connectivity index (χ2n) is 4.18. The van der Waals surface area contributed by atoms with Crippen molar-refractivity contribution >= 4 is 11.7 Å². The van der Waals surface area contributed by atoms with Crippen LogP contribution >= 0.6 is 0 Å². The van der Waals surface area contributed by atoms with Gasteiger partial charge in [-0.25, -0.2) is 4.79 Å². The molecule has 0 aliphatic rings. The Morgan fingerprint density at radius 1 is 1.50 bits per heavy atom. The van der Waals surface area contributed by atoms with Crippen molar-refractivity contribution in [1.82, 2.24) is 0 Å². The Morgan fingerprint density at radius 3 is 2.50 bits per heavy atom. The maximum absolute atomic E-state index is 11.7. The van der Waals surface area contributed by atoms with Gasteiger partial charge in [-0.15, -0.1) is 0 Å². The maximum atomic E-state index is 11.7. The number of rotatable bonds is 5. The van der Waals surface area contributed by atoms with E-state index in [-0.39, 0.29) is 29.0 Å². The average Bonchev–Trinajstić information content (AvgIpc) is 2.38. The van der Waals surface area contributed by atoms with Crippen LogP contribution in [0.3, 0.4) is 0 Å². The van der Waals surface area contributed by atoms with Gasteiger partial charge in [0.2, 0.25) is 0 Å². The highest BCUT2D eigenvalue weighted by Gasteiger charge is 2.30. The number of esters is 1. The molecule has 0 fully saturated rings. The zero-order valence-electron chi connectivity index (χ0n) is 11.4. The molecule has 0 aromatic heterocycles. The van der Waals surface area contributed by atoms with Gasteiger partial charge in [-0.05, 0) is 6.92 Å². The minimum atomic E-state index is -0.877. The summed E-state index contributed by atoms with van der Waals surface area (Å²) >= 11 is 0. The van der Waals surface area contributed by atoms with E-state index in [1.807, 2.05) is 0 Å². The number of carbonyl (C=O) groups excluding carboxylic acids is 1. The molecule has 1 rings (SSSR count). The van der Waals surface area contributed by atoms with Crippen LogP contribution in [0.5, 0.6) is 11.5 Å². The Morgan fingerprint density at radius 2 is 2.10 bits per heavy atom. The third kappa shape index (κ3) is 2.87. The van der Waals surface area contributed by atoms with Crippen LogP contribution in [0, 0.1) is 10.1 Å². The molecule has 0 amide bonds. The number of methoxy groups -OCH3 is 2. The lowest BCUT2D eigenvalue weighted by Gasteiger charge is -2.12. The van der Waals surface area contributed by atoms with Crippen molar-refractivity contribution in [2.45, 2.75) is 13.3 Å². The van der Waals surface area contributed by atoms with Crippen LogP contribution in [0.4, 0.5) is 5.69 Å². The topological polar surface area (TPSA) is 98.9 Å². The number of ether oxygens (including phenoxy) is 2. The Bertz CT molecular complexity index is 579. The third-order valence-electron chi connectivity index (χ3n) is 2.62. The van der Waals surface area contributed by atoms with Gasteiger partial charge in [0.25, 0.3) is 5.69 Å². The van der Waals surface area contributed by atoms with Crippen LogP contribution in [0.15, 0.2) is 18.2 Å². The number of hydrogen-bond donors (Lipinski definition) is 1. The maximum Gasteiger partial charge on any atom is 0.345 e. The van der Waals surface area contributed by atoms with E-state index in [0.29, 0.717) is 5.57 Å². The van der Waals surface area contributed by atoms with Crippen LogP contribution < -0.4 is 4.74 Å². The second-order valence-corrected chi connectivity index (χ2v) is 4.18. The Balaban J connectivity index is 3.71. The van der Waals surface area contributed by atoms with E-state index in [2.05, 4.69) is 11.3 Å². The van der Waals surface area contributed by atoms with Gasteiger partial charge in [-0.1, -0.05) is 12.2 Å². The van der Waals surface area contributed by atoms with Gasteiger partial charge >= 0.3 is 5.97 Å². The Hall–Kier alpha value is -2.57. The lowest BCUT2D eigenvalue weighted by molar-refractivity contribution is -0.385. The van der Waals surface area contributed by atoms with Crippen LogP contribution in [0.25, 0.3) is 0 Å². The minimum absolute atomic E-state index is 0.0257. The van der Waals surface area contributed by atoms with Crippen molar-refractivity contribution in [3.63, 3.8) is 0 Å². The summed E-state index contributed by atoms with van der Waals surface area (Å²) in [6, 6.07) is 1.08. The molecule has 108 valence electrons. The molecule has 0 aliphatic carbocycles. The summed E-state index contributed by atoms with van der Waals surface area (Å²) in [5.74, 6) is -1.29. The zero-order valence-corrected chi connectivity index (χ0v) is 11.4. The molecule has 1 aromatic carbocycles. The monoisotopic (exact) mass is 281 g/mol. The third-order valence-corrected chi connectivity index (χ3v) is 2.62. The molecule has 7 heteroatoms. The van der Waals surface area contributed by atoms with E-state index in [1.165, 1.54) is 7.11 Å². The van der Waals surface area contributed by atoms with Crippen molar-refractivity contribution in [1.29, 1.82) is 0 Å². The first-order valence-corrected chi connectivity index (χ1v) is 5.63. The van der Waals surface area contributed by atoms with E-state index in [4.69, 9.17) is 4.74 Å². The molecule has 0 radical (unpaired) electrons. The summed E-state index contributed by atoms with van der Waals surface area (Å²) in [5, 5.41) is 21.2. The number of nitro benzene ring substituents is 1. The summed E-state index contributed by atoms with van der Waals surface area (Å²) in [6.07, 6.45) is 0.0450. The molecule has 1 N–H and O–H groups in total. The number of nitro groups is 1. The van der Waals surface area contributed by atoms with E-state index in [0.717, 1.165) is 13.2 Å². The molecule has 0 saturated carbocycles. The second kappa shape index (κ2) is 6.05. The lowest BCUT2D eigenvalue weighted by Crippen LogP contribution is -2.09. The zero-order chi connectivity index (χ0) is 15.4. The molecular formula is C13H15NO6. The normalized spacial score (nSPS) is 9.95. The van der Waals surface area contributed by atoms with E-state index >= 15 is 0 Å². The number of benzene rings is 1. The number of aromatic hydroxyl groups is 1. The Labute approximate surface area is 115 Å². The SMILES string of the molecule is C=C(C)Cc1c(O)c(OC)cc(C(=O)OC)c1[N+](=O)[O-]. The highest BCUT2D eigenvalue weighted by molar-refractivity contribution is 5.96. The average molecular weight is 281 g/mol. The number of allylic oxidation sites excluding steroid dienone is 1. The molecule has 0 bridgehead atoms. The highest BCUT2D eigenvalue weighted by atomic mass is 16.6. The number of phenols is 1. The summed E-state index contributed by atoms with van der Waals surface area (Å²) in [7, 11) is 2.40. The van der Waals surface area contributed by atoms with Gasteiger partial charge in [0.05, 0.1) is 24.7 Å². The smallest absolute Gasteiger partial charge is 0.345 e. The van der Waals surface area contributed by atoms with Crippen LogP contribution in [0.2, 0.25) is 0 Å². The van der Waals surface area contributed by atoms with Crippen molar-refractivity contribution in [2.75, 3.05) is 14.2 Å². The fourth-order valence-electron chi connectivity index (χ4n) is 1.79. The standard InChI is InChI=1S/C13H15NO6/c1-7(2)5-8-11(14(17)18)9(13(16)20-4)6-10(19-3)12(8)15/h6,15H,1,5H2,2-4H3. The predicted octanol–water partition coefficient (Wildman–Crippen LogP) is 2.21. The number of phenolic OH excluding ortho intramolecular Hbond substituents is 1. The molecule has 0 saturated heterocycles. The van der Waals surface area contributed by atoms with Crippen molar-refractivity contribution in [3.05, 3.63) is 39.5 Å².